The molecular formula is C15H17F3N2O. The number of rotatable bonds is 5. The zero-order valence-electron chi connectivity index (χ0n) is 11.9. The van der Waals surface area contributed by atoms with Crippen LogP contribution in [0.4, 0.5) is 18.9 Å². The summed E-state index contributed by atoms with van der Waals surface area (Å²) in [6.45, 7) is 2.82. The zero-order valence-corrected chi connectivity index (χ0v) is 11.9. The topological polar surface area (TPSA) is 34.2 Å². The quantitative estimate of drug-likeness (QED) is 0.909. The van der Waals surface area contributed by atoms with Gasteiger partial charge in [0.05, 0.1) is 12.1 Å². The Morgan fingerprint density at radius 1 is 1.29 bits per heavy atom. The minimum absolute atomic E-state index is 0.375. The molecule has 0 spiro atoms. The van der Waals surface area contributed by atoms with Crippen LogP contribution in [-0.2, 0) is 17.3 Å². The first kappa shape index (κ1) is 15.6. The second kappa shape index (κ2) is 6.30. The average Bonchev–Trinajstić information content (AvgIpc) is 2.44. The van der Waals surface area contributed by atoms with E-state index >= 15 is 0 Å². The highest BCUT2D eigenvalue weighted by Gasteiger charge is 2.33. The summed E-state index contributed by atoms with van der Waals surface area (Å²) in [5.74, 6) is 0. The van der Waals surface area contributed by atoms with Gasteiger partial charge in [-0.15, -0.1) is 0 Å². The molecule has 1 N–H and O–H groups in total. The van der Waals surface area contributed by atoms with Gasteiger partial charge in [0.1, 0.15) is 5.69 Å². The number of nitrogens with zero attached hydrogens (tertiary/aromatic N) is 1. The maximum Gasteiger partial charge on any atom is 0.433 e. The van der Waals surface area contributed by atoms with Crippen LogP contribution in [0.25, 0.3) is 10.9 Å². The van der Waals surface area contributed by atoms with Crippen molar-refractivity contribution in [2.24, 2.45) is 0 Å². The van der Waals surface area contributed by atoms with Crippen LogP contribution in [0.2, 0.25) is 0 Å². The van der Waals surface area contributed by atoms with Crippen LogP contribution >= 0.6 is 0 Å². The molecule has 3 nitrogen and oxygen atoms in total. The zero-order chi connectivity index (χ0) is 15.5. The monoisotopic (exact) mass is 298 g/mol. The summed E-state index contributed by atoms with van der Waals surface area (Å²) in [4.78, 5) is 3.82. The number of pyridine rings is 1. The van der Waals surface area contributed by atoms with E-state index < -0.39 is 11.9 Å². The van der Waals surface area contributed by atoms with E-state index in [0.29, 0.717) is 36.2 Å². The Bertz CT molecular complexity index is 626. The van der Waals surface area contributed by atoms with E-state index in [2.05, 4.69) is 10.3 Å². The highest BCUT2D eigenvalue weighted by atomic mass is 19.4. The van der Waals surface area contributed by atoms with Crippen LogP contribution in [-0.4, -0.2) is 25.2 Å². The van der Waals surface area contributed by atoms with Crippen LogP contribution in [0, 0.1) is 0 Å². The van der Waals surface area contributed by atoms with Gasteiger partial charge in [-0.05, 0) is 25.0 Å². The summed E-state index contributed by atoms with van der Waals surface area (Å²) in [5, 5.41) is 3.67. The molecule has 1 aromatic carbocycles. The maximum absolute atomic E-state index is 13.0. The molecule has 2 rings (SSSR count). The number of alkyl halides is 3. The van der Waals surface area contributed by atoms with Crippen LogP contribution < -0.4 is 5.32 Å². The third kappa shape index (κ3) is 3.44. The summed E-state index contributed by atoms with van der Waals surface area (Å²) < 4.78 is 44.0. The van der Waals surface area contributed by atoms with E-state index in [9.17, 15) is 13.2 Å². The molecule has 0 amide bonds. The molecule has 0 saturated heterocycles. The molecule has 21 heavy (non-hydrogen) atoms. The normalized spacial score (nSPS) is 11.9. The molecule has 2 aromatic rings. The molecule has 0 fully saturated rings. The number of nitrogens with one attached hydrogen (secondary N) is 1. The van der Waals surface area contributed by atoms with E-state index in [0.717, 1.165) is 11.6 Å². The van der Waals surface area contributed by atoms with Gasteiger partial charge in [-0.1, -0.05) is 18.2 Å². The van der Waals surface area contributed by atoms with Gasteiger partial charge < -0.3 is 10.1 Å². The van der Waals surface area contributed by atoms with Gasteiger partial charge in [-0.2, -0.15) is 13.2 Å². The first-order valence-corrected chi connectivity index (χ1v) is 6.70. The van der Waals surface area contributed by atoms with Gasteiger partial charge in [-0.25, -0.2) is 4.98 Å². The minimum atomic E-state index is -4.47. The maximum atomic E-state index is 13.0. The molecule has 114 valence electrons. The first-order valence-electron chi connectivity index (χ1n) is 6.70. The number of methoxy groups -OCH3 is 1. The fourth-order valence-electron chi connectivity index (χ4n) is 2.20. The SMILES string of the molecule is CCNc1cc(C(F)(F)F)nc2c(CCOC)cccc12. The van der Waals surface area contributed by atoms with Crippen molar-refractivity contribution in [2.75, 3.05) is 25.6 Å². The van der Waals surface area contributed by atoms with Gasteiger partial charge in [0, 0.05) is 24.7 Å². The molecule has 0 atom stereocenters. The Hall–Kier alpha value is -1.82. The number of hydrogen-bond acceptors (Lipinski definition) is 3. The molecule has 6 heteroatoms. The van der Waals surface area contributed by atoms with Crippen molar-refractivity contribution < 1.29 is 17.9 Å². The lowest BCUT2D eigenvalue weighted by atomic mass is 10.0. The van der Waals surface area contributed by atoms with Crippen LogP contribution in [0.5, 0.6) is 0 Å². The van der Waals surface area contributed by atoms with E-state index in [1.807, 2.05) is 13.0 Å². The lowest BCUT2D eigenvalue weighted by molar-refractivity contribution is -0.140. The molecular weight excluding hydrogens is 281 g/mol. The summed E-state index contributed by atoms with van der Waals surface area (Å²) in [7, 11) is 1.56. The van der Waals surface area contributed by atoms with Gasteiger partial charge in [0.15, 0.2) is 0 Å². The number of benzene rings is 1. The highest BCUT2D eigenvalue weighted by Crippen LogP contribution is 2.34. The van der Waals surface area contributed by atoms with Crippen molar-refractivity contribution in [3.63, 3.8) is 0 Å². The Kier molecular flexibility index (Phi) is 4.67. The second-order valence-corrected chi connectivity index (χ2v) is 4.64. The largest absolute Gasteiger partial charge is 0.433 e. The van der Waals surface area contributed by atoms with Crippen molar-refractivity contribution in [3.8, 4) is 0 Å². The van der Waals surface area contributed by atoms with E-state index in [1.165, 1.54) is 0 Å². The lowest BCUT2D eigenvalue weighted by Gasteiger charge is -2.14. The van der Waals surface area contributed by atoms with E-state index in [4.69, 9.17) is 4.74 Å². The highest BCUT2D eigenvalue weighted by molar-refractivity contribution is 5.93. The molecule has 0 unspecified atom stereocenters. The number of anilines is 1. The van der Waals surface area contributed by atoms with Gasteiger partial charge in [0.25, 0.3) is 0 Å². The van der Waals surface area contributed by atoms with Gasteiger partial charge in [0.2, 0.25) is 0 Å². The summed E-state index contributed by atoms with van der Waals surface area (Å²) in [5.41, 5.74) is 0.699. The number of hydrogen-bond donors (Lipinski definition) is 1. The summed E-state index contributed by atoms with van der Waals surface area (Å²) in [6, 6.07) is 6.44. The fraction of sp³-hybridized carbons (Fsp3) is 0.400. The Morgan fingerprint density at radius 2 is 2.05 bits per heavy atom. The Morgan fingerprint density at radius 3 is 2.67 bits per heavy atom. The molecule has 0 aliphatic heterocycles. The van der Waals surface area contributed by atoms with Crippen LogP contribution in [0.3, 0.4) is 0 Å². The van der Waals surface area contributed by atoms with Crippen molar-refractivity contribution in [1.82, 2.24) is 4.98 Å². The van der Waals surface area contributed by atoms with E-state index in [1.54, 1.807) is 19.2 Å². The van der Waals surface area contributed by atoms with Crippen molar-refractivity contribution in [1.29, 1.82) is 0 Å². The predicted molar refractivity (Wildman–Crippen MR) is 76.5 cm³/mol. The number of para-hydroxylation sites is 1. The number of halogens is 3. The molecule has 0 radical (unpaired) electrons. The summed E-state index contributed by atoms with van der Waals surface area (Å²) >= 11 is 0. The molecule has 0 saturated carbocycles. The van der Waals surface area contributed by atoms with Crippen LogP contribution in [0.15, 0.2) is 24.3 Å². The second-order valence-electron chi connectivity index (χ2n) is 4.64. The molecule has 1 heterocycles. The Labute approximate surface area is 121 Å². The van der Waals surface area contributed by atoms with Crippen molar-refractivity contribution >= 4 is 16.6 Å². The Balaban J connectivity index is 2.64. The molecule has 1 aromatic heterocycles. The fourth-order valence-corrected chi connectivity index (χ4v) is 2.20. The number of ether oxygens (including phenoxy) is 1. The molecule has 0 aliphatic rings. The van der Waals surface area contributed by atoms with Gasteiger partial charge in [-0.3, -0.25) is 0 Å². The third-order valence-electron chi connectivity index (χ3n) is 3.16. The molecule has 0 aliphatic carbocycles. The van der Waals surface area contributed by atoms with Gasteiger partial charge >= 0.3 is 6.18 Å². The average molecular weight is 298 g/mol. The third-order valence-corrected chi connectivity index (χ3v) is 3.16. The molecule has 0 bridgehead atoms. The predicted octanol–water partition coefficient (Wildman–Crippen LogP) is 3.87. The standard InChI is InChI=1S/C15H17F3N2O/c1-3-19-12-9-13(15(16,17)18)20-14-10(7-8-21-2)5-4-6-11(12)14/h4-6,9H,3,7-8H2,1-2H3,(H,19,20). The number of aromatic nitrogens is 1. The van der Waals surface area contributed by atoms with Crippen LogP contribution in [0.1, 0.15) is 18.2 Å². The first-order chi connectivity index (χ1) is 9.97. The lowest BCUT2D eigenvalue weighted by Crippen LogP contribution is -2.11. The minimum Gasteiger partial charge on any atom is -0.385 e. The number of fused-ring (bicyclic) bond motifs is 1. The van der Waals surface area contributed by atoms with E-state index in [-0.39, 0.29) is 0 Å². The smallest absolute Gasteiger partial charge is 0.385 e. The van der Waals surface area contributed by atoms with Crippen molar-refractivity contribution in [3.05, 3.63) is 35.5 Å². The van der Waals surface area contributed by atoms with Crippen molar-refractivity contribution in [2.45, 2.75) is 19.5 Å². The summed E-state index contributed by atoms with van der Waals surface area (Å²) in [6.07, 6.45) is -3.94.